The number of rotatable bonds is 6. The molecule has 1 aliphatic rings. The number of nitrogens with one attached hydrogen (secondary N) is 1. The summed E-state index contributed by atoms with van der Waals surface area (Å²) in [6.07, 6.45) is 0.222. The van der Waals surface area contributed by atoms with E-state index in [0.717, 1.165) is 18.9 Å². The number of pyridine rings is 1. The average molecular weight is 542 g/mol. The normalized spacial score (nSPS) is 16.8. The highest BCUT2D eigenvalue weighted by Crippen LogP contribution is 2.37. The maximum absolute atomic E-state index is 13.6. The number of benzene rings is 1. The standard InChI is InChI=1S/C26H26F3N7O3/c1-14(30)22-21(24(37)36-12-3-5-15(13-36)33-25-31-10-4-11-32-25)35-23(39-22)17-6-8-18(38-2)20-16(17)7-9-19(34-20)26(27,28)29/h4,6-11,14-15H,3,5,12-13,30H2,1-2H3,(H,31,32,33)/t14-,15+/m0/s1. The highest BCUT2D eigenvalue weighted by molar-refractivity contribution is 5.98. The Morgan fingerprint density at radius 1 is 1.21 bits per heavy atom. The zero-order valence-corrected chi connectivity index (χ0v) is 21.2. The molecule has 1 aliphatic heterocycles. The first-order valence-electron chi connectivity index (χ1n) is 12.3. The van der Waals surface area contributed by atoms with E-state index in [0.29, 0.717) is 30.0 Å². The molecule has 10 nitrogen and oxygen atoms in total. The van der Waals surface area contributed by atoms with Crippen LogP contribution in [0.5, 0.6) is 5.75 Å². The molecule has 3 aromatic heterocycles. The fourth-order valence-corrected chi connectivity index (χ4v) is 4.60. The van der Waals surface area contributed by atoms with Crippen molar-refractivity contribution in [1.82, 2.24) is 24.8 Å². The maximum Gasteiger partial charge on any atom is 0.433 e. The summed E-state index contributed by atoms with van der Waals surface area (Å²) in [7, 11) is 1.34. The van der Waals surface area contributed by atoms with Gasteiger partial charge in [-0.3, -0.25) is 4.79 Å². The second-order valence-electron chi connectivity index (χ2n) is 9.23. The number of methoxy groups -OCH3 is 1. The average Bonchev–Trinajstić information content (AvgIpc) is 3.37. The molecule has 204 valence electrons. The Morgan fingerprint density at radius 2 is 1.97 bits per heavy atom. The van der Waals surface area contributed by atoms with Crippen LogP contribution in [0.2, 0.25) is 0 Å². The summed E-state index contributed by atoms with van der Waals surface area (Å²) in [4.78, 5) is 31.9. The minimum absolute atomic E-state index is 0.00803. The van der Waals surface area contributed by atoms with Crippen LogP contribution < -0.4 is 15.8 Å². The van der Waals surface area contributed by atoms with Crippen LogP contribution in [-0.2, 0) is 6.18 Å². The van der Waals surface area contributed by atoms with Gasteiger partial charge in [-0.2, -0.15) is 13.2 Å². The van der Waals surface area contributed by atoms with E-state index in [1.807, 2.05) is 0 Å². The second-order valence-corrected chi connectivity index (χ2v) is 9.23. The molecule has 39 heavy (non-hydrogen) atoms. The first-order valence-corrected chi connectivity index (χ1v) is 12.3. The van der Waals surface area contributed by atoms with Crippen molar-refractivity contribution in [3.63, 3.8) is 0 Å². The van der Waals surface area contributed by atoms with E-state index < -0.39 is 17.9 Å². The molecule has 1 aromatic carbocycles. The van der Waals surface area contributed by atoms with Crippen molar-refractivity contribution in [2.24, 2.45) is 5.73 Å². The Bertz CT molecular complexity index is 1490. The summed E-state index contributed by atoms with van der Waals surface area (Å²) in [6.45, 7) is 2.58. The number of hydrogen-bond donors (Lipinski definition) is 2. The van der Waals surface area contributed by atoms with Crippen molar-refractivity contribution in [1.29, 1.82) is 0 Å². The predicted molar refractivity (Wildman–Crippen MR) is 136 cm³/mol. The molecule has 4 heterocycles. The van der Waals surface area contributed by atoms with Crippen molar-refractivity contribution in [2.75, 3.05) is 25.5 Å². The van der Waals surface area contributed by atoms with Crippen LogP contribution in [0.1, 0.15) is 47.7 Å². The van der Waals surface area contributed by atoms with Gasteiger partial charge in [-0.05, 0) is 50.1 Å². The number of carbonyl (C=O) groups excluding carboxylic acids is 1. The largest absolute Gasteiger partial charge is 0.494 e. The van der Waals surface area contributed by atoms with Crippen LogP contribution in [0.3, 0.4) is 0 Å². The molecule has 2 atom stereocenters. The van der Waals surface area contributed by atoms with Gasteiger partial charge in [0.25, 0.3) is 5.91 Å². The number of likely N-dealkylation sites (tertiary alicyclic amines) is 1. The van der Waals surface area contributed by atoms with Crippen LogP contribution in [0, 0.1) is 0 Å². The van der Waals surface area contributed by atoms with Gasteiger partial charge >= 0.3 is 6.18 Å². The van der Waals surface area contributed by atoms with Crippen molar-refractivity contribution < 1.29 is 27.1 Å². The highest BCUT2D eigenvalue weighted by Gasteiger charge is 2.34. The summed E-state index contributed by atoms with van der Waals surface area (Å²) in [5.74, 6) is 0.507. The number of alkyl halides is 3. The number of halogens is 3. The van der Waals surface area contributed by atoms with Crippen molar-refractivity contribution in [3.05, 3.63) is 59.9 Å². The van der Waals surface area contributed by atoms with Crippen LogP contribution in [0.25, 0.3) is 22.4 Å². The zero-order valence-electron chi connectivity index (χ0n) is 21.2. The number of aromatic nitrogens is 4. The van der Waals surface area contributed by atoms with E-state index in [1.54, 1.807) is 36.4 Å². The number of hydrogen-bond acceptors (Lipinski definition) is 9. The number of carbonyl (C=O) groups is 1. The minimum atomic E-state index is -4.63. The van der Waals surface area contributed by atoms with Crippen molar-refractivity contribution >= 4 is 22.8 Å². The molecule has 1 saturated heterocycles. The Labute approximate surface area is 221 Å². The van der Waals surface area contributed by atoms with E-state index in [4.69, 9.17) is 14.9 Å². The van der Waals surface area contributed by atoms with Gasteiger partial charge in [0, 0.05) is 42.5 Å². The van der Waals surface area contributed by atoms with Crippen LogP contribution >= 0.6 is 0 Å². The van der Waals surface area contributed by atoms with Gasteiger partial charge in [0.05, 0.1) is 13.2 Å². The molecule has 1 amide bonds. The molecule has 5 rings (SSSR count). The Kier molecular flexibility index (Phi) is 7.08. The van der Waals surface area contributed by atoms with Crippen molar-refractivity contribution in [3.8, 4) is 17.2 Å². The highest BCUT2D eigenvalue weighted by atomic mass is 19.4. The first kappa shape index (κ1) is 26.4. The summed E-state index contributed by atoms with van der Waals surface area (Å²) in [5, 5.41) is 3.57. The summed E-state index contributed by atoms with van der Waals surface area (Å²) in [5.41, 5.74) is 5.48. The number of anilines is 1. The zero-order chi connectivity index (χ0) is 27.7. The van der Waals surface area contributed by atoms with E-state index in [9.17, 15) is 18.0 Å². The maximum atomic E-state index is 13.6. The molecule has 0 bridgehead atoms. The number of nitrogens with two attached hydrogens (primary N) is 1. The summed E-state index contributed by atoms with van der Waals surface area (Å²) >= 11 is 0. The number of amides is 1. The lowest BCUT2D eigenvalue weighted by atomic mass is 10.0. The quantitative estimate of drug-likeness (QED) is 0.363. The first-order chi connectivity index (χ1) is 18.7. The van der Waals surface area contributed by atoms with Crippen LogP contribution in [0.15, 0.2) is 47.1 Å². The van der Waals surface area contributed by atoms with Crippen LogP contribution in [0.4, 0.5) is 19.1 Å². The fourth-order valence-electron chi connectivity index (χ4n) is 4.60. The lowest BCUT2D eigenvalue weighted by molar-refractivity contribution is -0.140. The molecule has 0 radical (unpaired) electrons. The van der Waals surface area contributed by atoms with Gasteiger partial charge in [0.15, 0.2) is 11.5 Å². The molecular formula is C26H26F3N7O3. The molecule has 0 unspecified atom stereocenters. The third-order valence-electron chi connectivity index (χ3n) is 6.44. The monoisotopic (exact) mass is 541 g/mol. The molecule has 13 heteroatoms. The number of piperidine rings is 1. The number of nitrogens with zero attached hydrogens (tertiary/aromatic N) is 5. The Hall–Kier alpha value is -4.26. The third kappa shape index (κ3) is 5.35. The van der Waals surface area contributed by atoms with E-state index in [1.165, 1.54) is 19.2 Å². The predicted octanol–water partition coefficient (Wildman–Crippen LogP) is 4.44. The number of oxazole rings is 1. The van der Waals surface area contributed by atoms with Gasteiger partial charge in [-0.25, -0.2) is 19.9 Å². The molecule has 3 N–H and O–H groups in total. The molecule has 0 saturated carbocycles. The SMILES string of the molecule is COc1ccc(-c2nc(C(=O)N3CCC[C@@H](Nc4ncccn4)C3)c([C@H](C)N)o2)c2ccc(C(F)(F)F)nc12. The minimum Gasteiger partial charge on any atom is -0.494 e. The van der Waals surface area contributed by atoms with Gasteiger partial charge < -0.3 is 25.1 Å². The smallest absolute Gasteiger partial charge is 0.433 e. The Balaban J connectivity index is 1.49. The van der Waals surface area contributed by atoms with Gasteiger partial charge in [-0.1, -0.05) is 0 Å². The topological polar surface area (TPSA) is 132 Å². The van der Waals surface area contributed by atoms with E-state index in [2.05, 4.69) is 25.3 Å². The number of ether oxygens (including phenoxy) is 1. The van der Waals surface area contributed by atoms with Gasteiger partial charge in [0.2, 0.25) is 11.8 Å². The van der Waals surface area contributed by atoms with E-state index in [-0.39, 0.29) is 40.6 Å². The number of fused-ring (bicyclic) bond motifs is 1. The third-order valence-corrected chi connectivity index (χ3v) is 6.44. The Morgan fingerprint density at radius 3 is 2.67 bits per heavy atom. The van der Waals surface area contributed by atoms with Gasteiger partial charge in [0.1, 0.15) is 17.0 Å². The van der Waals surface area contributed by atoms with Gasteiger partial charge in [-0.15, -0.1) is 0 Å². The molecule has 1 fully saturated rings. The second kappa shape index (κ2) is 10.5. The van der Waals surface area contributed by atoms with Crippen LogP contribution in [-0.4, -0.2) is 57.0 Å². The summed E-state index contributed by atoms with van der Waals surface area (Å²) in [6, 6.07) is 6.24. The summed E-state index contributed by atoms with van der Waals surface area (Å²) < 4.78 is 51.2. The van der Waals surface area contributed by atoms with E-state index >= 15 is 0 Å². The fraction of sp³-hybridized carbons (Fsp3) is 0.346. The lowest BCUT2D eigenvalue weighted by Gasteiger charge is -2.32. The molecule has 0 aliphatic carbocycles. The molecule has 0 spiro atoms. The molecular weight excluding hydrogens is 515 g/mol. The van der Waals surface area contributed by atoms with Crippen molar-refractivity contribution in [2.45, 2.75) is 38.0 Å². The molecule has 4 aromatic rings. The lowest BCUT2D eigenvalue weighted by Crippen LogP contribution is -2.45.